The van der Waals surface area contributed by atoms with Crippen molar-refractivity contribution in [3.63, 3.8) is 0 Å². The molecule has 1 amide bonds. The van der Waals surface area contributed by atoms with E-state index in [9.17, 15) is 9.90 Å². The lowest BCUT2D eigenvalue weighted by molar-refractivity contribution is 0.0998. The topological polar surface area (TPSA) is 88.2 Å². The Balaban J connectivity index is 2.14. The highest BCUT2D eigenvalue weighted by molar-refractivity contribution is 5.97. The van der Waals surface area contributed by atoms with Crippen LogP contribution in [0.15, 0.2) is 18.3 Å². The van der Waals surface area contributed by atoms with Gasteiger partial charge in [0.15, 0.2) is 0 Å². The summed E-state index contributed by atoms with van der Waals surface area (Å²) < 4.78 is 0. The molecule has 1 aliphatic rings. The number of carbonyl (C=O) groups is 1. The number of pyridine rings is 1. The average Bonchev–Trinajstić information content (AvgIpc) is 2.32. The molecule has 1 aromatic heterocycles. The van der Waals surface area contributed by atoms with Gasteiger partial charge in [0.05, 0.1) is 17.7 Å². The number of primary amides is 1. The van der Waals surface area contributed by atoms with Gasteiger partial charge >= 0.3 is 0 Å². The zero-order valence-corrected chi connectivity index (χ0v) is 9.60. The van der Waals surface area contributed by atoms with Crippen LogP contribution in [0.3, 0.4) is 0 Å². The maximum Gasteiger partial charge on any atom is 0.252 e. The van der Waals surface area contributed by atoms with Crippen molar-refractivity contribution in [1.82, 2.24) is 4.98 Å². The molecule has 1 fully saturated rings. The van der Waals surface area contributed by atoms with Gasteiger partial charge in [0.1, 0.15) is 5.82 Å². The summed E-state index contributed by atoms with van der Waals surface area (Å²) in [6.45, 7) is 0. The summed E-state index contributed by atoms with van der Waals surface area (Å²) in [6.07, 6.45) is 5.01. The number of carbonyl (C=O) groups excluding carboxylic acids is 1. The molecule has 0 saturated heterocycles. The van der Waals surface area contributed by atoms with Crippen LogP contribution in [0.25, 0.3) is 0 Å². The Morgan fingerprint density at radius 1 is 1.47 bits per heavy atom. The monoisotopic (exact) mass is 235 g/mol. The van der Waals surface area contributed by atoms with Crippen LogP contribution in [0.5, 0.6) is 0 Å². The summed E-state index contributed by atoms with van der Waals surface area (Å²) in [5.41, 5.74) is 5.64. The molecule has 0 bridgehead atoms. The van der Waals surface area contributed by atoms with Crippen LogP contribution >= 0.6 is 0 Å². The number of anilines is 1. The maximum atomic E-state index is 11.2. The maximum absolute atomic E-state index is 11.2. The molecular weight excluding hydrogens is 218 g/mol. The van der Waals surface area contributed by atoms with E-state index in [1.165, 1.54) is 0 Å². The van der Waals surface area contributed by atoms with Crippen LogP contribution in [0.2, 0.25) is 0 Å². The Labute approximate surface area is 100 Å². The summed E-state index contributed by atoms with van der Waals surface area (Å²) in [6, 6.07) is 3.26. The van der Waals surface area contributed by atoms with Crippen molar-refractivity contribution >= 4 is 11.7 Å². The van der Waals surface area contributed by atoms with Gasteiger partial charge in [0.25, 0.3) is 5.91 Å². The number of nitrogens with one attached hydrogen (secondary N) is 1. The van der Waals surface area contributed by atoms with E-state index in [1.54, 1.807) is 18.3 Å². The number of nitrogens with two attached hydrogens (primary N) is 1. The molecule has 5 nitrogen and oxygen atoms in total. The molecule has 0 spiro atoms. The first-order valence-electron chi connectivity index (χ1n) is 5.88. The molecule has 2 rings (SSSR count). The lowest BCUT2D eigenvalue weighted by Gasteiger charge is -2.29. The second-order valence-corrected chi connectivity index (χ2v) is 4.37. The highest BCUT2D eigenvalue weighted by Crippen LogP contribution is 2.22. The summed E-state index contributed by atoms with van der Waals surface area (Å²) in [7, 11) is 0. The molecule has 1 aliphatic carbocycles. The molecule has 0 aliphatic heterocycles. The predicted molar refractivity (Wildman–Crippen MR) is 64.6 cm³/mol. The summed E-state index contributed by atoms with van der Waals surface area (Å²) in [5.74, 6) is -0.0446. The molecule has 4 N–H and O–H groups in total. The van der Waals surface area contributed by atoms with Gasteiger partial charge in [0, 0.05) is 6.20 Å². The van der Waals surface area contributed by atoms with Crippen molar-refractivity contribution in [2.24, 2.45) is 5.73 Å². The fourth-order valence-electron chi connectivity index (χ4n) is 2.17. The molecule has 17 heavy (non-hydrogen) atoms. The van der Waals surface area contributed by atoms with Crippen LogP contribution in [-0.2, 0) is 0 Å². The molecule has 0 radical (unpaired) electrons. The zero-order chi connectivity index (χ0) is 12.3. The van der Waals surface area contributed by atoms with E-state index >= 15 is 0 Å². The minimum Gasteiger partial charge on any atom is -0.391 e. The van der Waals surface area contributed by atoms with Gasteiger partial charge in [-0.3, -0.25) is 4.79 Å². The molecule has 5 heteroatoms. The van der Waals surface area contributed by atoms with Crippen molar-refractivity contribution in [2.75, 3.05) is 5.32 Å². The second-order valence-electron chi connectivity index (χ2n) is 4.37. The van der Waals surface area contributed by atoms with Crippen molar-refractivity contribution in [3.8, 4) is 0 Å². The minimum atomic E-state index is -0.508. The number of aliphatic hydroxyl groups is 1. The average molecular weight is 235 g/mol. The van der Waals surface area contributed by atoms with Crippen LogP contribution in [0.1, 0.15) is 36.0 Å². The summed E-state index contributed by atoms with van der Waals surface area (Å²) >= 11 is 0. The molecule has 2 atom stereocenters. The van der Waals surface area contributed by atoms with Gasteiger partial charge in [-0.2, -0.15) is 0 Å². The number of hydrogen-bond acceptors (Lipinski definition) is 4. The SMILES string of the molecule is NC(=O)c1cccnc1NC1CCCCC1O. The van der Waals surface area contributed by atoms with Crippen molar-refractivity contribution in [3.05, 3.63) is 23.9 Å². The van der Waals surface area contributed by atoms with E-state index in [1.807, 2.05) is 0 Å². The second kappa shape index (κ2) is 5.14. The van der Waals surface area contributed by atoms with Crippen LogP contribution in [0.4, 0.5) is 5.82 Å². The van der Waals surface area contributed by atoms with E-state index in [0.717, 1.165) is 25.7 Å². The van der Waals surface area contributed by atoms with Gasteiger partial charge in [-0.25, -0.2) is 4.98 Å². The number of rotatable bonds is 3. The predicted octanol–water partition coefficient (Wildman–Crippen LogP) is 0.896. The normalized spacial score (nSPS) is 24.3. The molecule has 1 saturated carbocycles. The van der Waals surface area contributed by atoms with Crippen LogP contribution < -0.4 is 11.1 Å². The lowest BCUT2D eigenvalue weighted by atomic mass is 9.92. The quantitative estimate of drug-likeness (QED) is 0.726. The molecule has 1 heterocycles. The molecule has 1 aromatic rings. The van der Waals surface area contributed by atoms with Crippen molar-refractivity contribution in [2.45, 2.75) is 37.8 Å². The van der Waals surface area contributed by atoms with E-state index in [2.05, 4.69) is 10.3 Å². The highest BCUT2D eigenvalue weighted by atomic mass is 16.3. The third kappa shape index (κ3) is 2.74. The fraction of sp³-hybridized carbons (Fsp3) is 0.500. The van der Waals surface area contributed by atoms with Crippen LogP contribution in [0, 0.1) is 0 Å². The Kier molecular flexibility index (Phi) is 3.58. The third-order valence-electron chi connectivity index (χ3n) is 3.12. The van der Waals surface area contributed by atoms with Crippen LogP contribution in [-0.4, -0.2) is 28.1 Å². The lowest BCUT2D eigenvalue weighted by Crippen LogP contribution is -2.37. The summed E-state index contributed by atoms with van der Waals surface area (Å²) in [5, 5.41) is 13.0. The minimum absolute atomic E-state index is 0.0447. The first-order chi connectivity index (χ1) is 8.18. The van der Waals surface area contributed by atoms with Gasteiger partial charge in [-0.1, -0.05) is 12.8 Å². The van der Waals surface area contributed by atoms with Gasteiger partial charge < -0.3 is 16.2 Å². The smallest absolute Gasteiger partial charge is 0.252 e. The Hall–Kier alpha value is -1.62. The van der Waals surface area contributed by atoms with Gasteiger partial charge in [-0.05, 0) is 25.0 Å². The molecule has 2 unspecified atom stereocenters. The Morgan fingerprint density at radius 3 is 2.94 bits per heavy atom. The van der Waals surface area contributed by atoms with Gasteiger partial charge in [-0.15, -0.1) is 0 Å². The first kappa shape index (κ1) is 11.9. The molecule has 0 aromatic carbocycles. The number of aliphatic hydroxyl groups excluding tert-OH is 1. The number of amides is 1. The largest absolute Gasteiger partial charge is 0.391 e. The standard InChI is InChI=1S/C12H17N3O2/c13-11(17)8-4-3-7-14-12(8)15-9-5-1-2-6-10(9)16/h3-4,7,9-10,16H,1-2,5-6H2,(H2,13,17)(H,14,15). The van der Waals surface area contributed by atoms with Gasteiger partial charge in [0.2, 0.25) is 0 Å². The van der Waals surface area contributed by atoms with E-state index in [-0.39, 0.29) is 12.1 Å². The number of nitrogens with zero attached hydrogens (tertiary/aromatic N) is 1. The van der Waals surface area contributed by atoms with E-state index in [4.69, 9.17) is 5.73 Å². The molecule has 92 valence electrons. The number of hydrogen-bond donors (Lipinski definition) is 3. The zero-order valence-electron chi connectivity index (χ0n) is 9.60. The Morgan fingerprint density at radius 2 is 2.24 bits per heavy atom. The number of aromatic nitrogens is 1. The van der Waals surface area contributed by atoms with E-state index in [0.29, 0.717) is 11.4 Å². The highest BCUT2D eigenvalue weighted by Gasteiger charge is 2.24. The third-order valence-corrected chi connectivity index (χ3v) is 3.12. The Bertz CT molecular complexity index is 408. The van der Waals surface area contributed by atoms with Crippen molar-refractivity contribution < 1.29 is 9.90 Å². The van der Waals surface area contributed by atoms with E-state index < -0.39 is 5.91 Å². The molecular formula is C12H17N3O2. The fourth-order valence-corrected chi connectivity index (χ4v) is 2.17. The first-order valence-corrected chi connectivity index (χ1v) is 5.88. The summed E-state index contributed by atoms with van der Waals surface area (Å²) in [4.78, 5) is 15.3. The van der Waals surface area contributed by atoms with Crippen molar-refractivity contribution in [1.29, 1.82) is 0 Å².